The van der Waals surface area contributed by atoms with Gasteiger partial charge in [0.15, 0.2) is 0 Å². The maximum Gasteiger partial charge on any atom is 0.212 e. The molecule has 5 nitrogen and oxygen atoms in total. The molecule has 0 saturated heterocycles. The van der Waals surface area contributed by atoms with Gasteiger partial charge in [-0.3, -0.25) is 0 Å². The molecule has 1 aromatic heterocycles. The first kappa shape index (κ1) is 17.2. The molecule has 0 bridgehead atoms. The van der Waals surface area contributed by atoms with Gasteiger partial charge in [0.25, 0.3) is 0 Å². The summed E-state index contributed by atoms with van der Waals surface area (Å²) in [5.74, 6) is 0.171. The zero-order valence-electron chi connectivity index (χ0n) is 14.5. The molecule has 24 heavy (non-hydrogen) atoms. The second kappa shape index (κ2) is 6.69. The van der Waals surface area contributed by atoms with Crippen LogP contribution in [0, 0.1) is 13.8 Å². The monoisotopic (exact) mass is 347 g/mol. The Morgan fingerprint density at radius 1 is 1.29 bits per heavy atom. The number of hydrogen-bond acceptors (Lipinski definition) is 3. The van der Waals surface area contributed by atoms with Crippen LogP contribution in [-0.2, 0) is 16.4 Å². The zero-order chi connectivity index (χ0) is 17.3. The van der Waals surface area contributed by atoms with E-state index in [-0.39, 0.29) is 11.8 Å². The second-order valence-corrected chi connectivity index (χ2v) is 8.48. The number of benzene rings is 1. The molecule has 6 heteroatoms. The van der Waals surface area contributed by atoms with Crippen LogP contribution in [0.2, 0.25) is 0 Å². The van der Waals surface area contributed by atoms with Gasteiger partial charge < -0.3 is 0 Å². The van der Waals surface area contributed by atoms with Crippen LogP contribution in [0.3, 0.4) is 0 Å². The SMILES string of the molecule is CCCS(=O)(=O)N[C@H]1CCCc2c1cnn2-c1ccc(C)c(C)c1. The lowest BCUT2D eigenvalue weighted by Crippen LogP contribution is -2.32. The van der Waals surface area contributed by atoms with Gasteiger partial charge in [-0.2, -0.15) is 5.10 Å². The number of sulfonamides is 1. The molecule has 0 amide bonds. The molecule has 1 aliphatic rings. The third-order valence-electron chi connectivity index (χ3n) is 4.71. The van der Waals surface area contributed by atoms with Crippen molar-refractivity contribution in [2.24, 2.45) is 0 Å². The fraction of sp³-hybridized carbons (Fsp3) is 0.500. The Morgan fingerprint density at radius 3 is 2.79 bits per heavy atom. The summed E-state index contributed by atoms with van der Waals surface area (Å²) in [7, 11) is -3.23. The molecule has 0 fully saturated rings. The van der Waals surface area contributed by atoms with Gasteiger partial charge >= 0.3 is 0 Å². The van der Waals surface area contributed by atoms with Crippen molar-refractivity contribution in [3.05, 3.63) is 46.8 Å². The fourth-order valence-electron chi connectivity index (χ4n) is 3.30. The van der Waals surface area contributed by atoms with Crippen molar-refractivity contribution in [3.8, 4) is 5.69 Å². The van der Waals surface area contributed by atoms with Crippen molar-refractivity contribution in [3.63, 3.8) is 0 Å². The Hall–Kier alpha value is -1.66. The van der Waals surface area contributed by atoms with E-state index in [1.54, 1.807) is 0 Å². The predicted octanol–water partition coefficient (Wildman–Crippen LogP) is 3.20. The topological polar surface area (TPSA) is 64.0 Å². The van der Waals surface area contributed by atoms with Gasteiger partial charge in [-0.05, 0) is 62.8 Å². The van der Waals surface area contributed by atoms with Crippen molar-refractivity contribution in [1.29, 1.82) is 0 Å². The van der Waals surface area contributed by atoms with Crippen LogP contribution in [0.25, 0.3) is 5.69 Å². The highest BCUT2D eigenvalue weighted by Gasteiger charge is 2.27. The lowest BCUT2D eigenvalue weighted by molar-refractivity contribution is 0.501. The smallest absolute Gasteiger partial charge is 0.212 e. The molecular formula is C18H25N3O2S. The average molecular weight is 347 g/mol. The molecule has 0 radical (unpaired) electrons. The average Bonchev–Trinajstić information content (AvgIpc) is 2.95. The van der Waals surface area contributed by atoms with E-state index in [4.69, 9.17) is 0 Å². The molecule has 1 N–H and O–H groups in total. The fourth-order valence-corrected chi connectivity index (χ4v) is 4.64. The van der Waals surface area contributed by atoms with E-state index in [1.807, 2.05) is 17.8 Å². The molecular weight excluding hydrogens is 322 g/mol. The maximum absolute atomic E-state index is 12.1. The van der Waals surface area contributed by atoms with Gasteiger partial charge in [0.2, 0.25) is 10.0 Å². The van der Waals surface area contributed by atoms with Crippen molar-refractivity contribution in [1.82, 2.24) is 14.5 Å². The van der Waals surface area contributed by atoms with E-state index < -0.39 is 10.0 Å². The van der Waals surface area contributed by atoms with E-state index in [0.29, 0.717) is 6.42 Å². The van der Waals surface area contributed by atoms with Crippen LogP contribution < -0.4 is 4.72 Å². The first-order valence-corrected chi connectivity index (χ1v) is 10.2. The second-order valence-electron chi connectivity index (χ2n) is 6.61. The summed E-state index contributed by atoms with van der Waals surface area (Å²) in [6.07, 6.45) is 5.16. The molecule has 0 saturated carbocycles. The van der Waals surface area contributed by atoms with E-state index >= 15 is 0 Å². The Balaban J connectivity index is 1.94. The number of nitrogens with zero attached hydrogens (tertiary/aromatic N) is 2. The van der Waals surface area contributed by atoms with Gasteiger partial charge in [-0.1, -0.05) is 13.0 Å². The van der Waals surface area contributed by atoms with Crippen LogP contribution >= 0.6 is 0 Å². The number of hydrogen-bond donors (Lipinski definition) is 1. The summed E-state index contributed by atoms with van der Waals surface area (Å²) in [4.78, 5) is 0. The molecule has 0 aliphatic heterocycles. The first-order chi connectivity index (χ1) is 11.4. The maximum atomic E-state index is 12.1. The summed E-state index contributed by atoms with van der Waals surface area (Å²) in [5, 5.41) is 4.55. The lowest BCUT2D eigenvalue weighted by atomic mass is 9.93. The Kier molecular flexibility index (Phi) is 4.78. The lowest BCUT2D eigenvalue weighted by Gasteiger charge is -2.24. The first-order valence-electron chi connectivity index (χ1n) is 8.55. The summed E-state index contributed by atoms with van der Waals surface area (Å²) in [5.41, 5.74) is 5.65. The molecule has 130 valence electrons. The minimum Gasteiger partial charge on any atom is -0.237 e. The minimum atomic E-state index is -3.23. The predicted molar refractivity (Wildman–Crippen MR) is 95.9 cm³/mol. The van der Waals surface area contributed by atoms with Crippen LogP contribution in [0.1, 0.15) is 54.6 Å². The number of rotatable bonds is 5. The molecule has 3 rings (SSSR count). The van der Waals surface area contributed by atoms with Gasteiger partial charge in [0, 0.05) is 11.3 Å². The Morgan fingerprint density at radius 2 is 2.08 bits per heavy atom. The summed E-state index contributed by atoms with van der Waals surface area (Å²) < 4.78 is 29.1. The van der Waals surface area contributed by atoms with Gasteiger partial charge in [-0.25, -0.2) is 17.8 Å². The molecule has 1 atom stereocenters. The third kappa shape index (κ3) is 3.39. The van der Waals surface area contributed by atoms with Crippen molar-refractivity contribution in [2.45, 2.75) is 52.5 Å². The Labute approximate surface area is 144 Å². The van der Waals surface area contributed by atoms with E-state index in [2.05, 4.69) is 41.9 Å². The van der Waals surface area contributed by atoms with Crippen LogP contribution in [0.5, 0.6) is 0 Å². The van der Waals surface area contributed by atoms with Crippen molar-refractivity contribution >= 4 is 10.0 Å². The summed E-state index contributed by atoms with van der Waals surface area (Å²) in [6, 6.07) is 6.14. The standard InChI is InChI=1S/C18H25N3O2S/c1-4-10-24(22,23)20-17-6-5-7-18-16(17)12-19-21(18)15-9-8-13(2)14(3)11-15/h8-9,11-12,17,20H,4-7,10H2,1-3H3/t17-/m0/s1. The minimum absolute atomic E-state index is 0.161. The number of nitrogens with one attached hydrogen (secondary N) is 1. The van der Waals surface area contributed by atoms with E-state index in [1.165, 1.54) is 11.1 Å². The van der Waals surface area contributed by atoms with E-state index in [0.717, 1.165) is 36.2 Å². The number of fused-ring (bicyclic) bond motifs is 1. The zero-order valence-corrected chi connectivity index (χ0v) is 15.4. The number of aromatic nitrogens is 2. The quantitative estimate of drug-likeness (QED) is 0.903. The molecule has 2 aromatic rings. The van der Waals surface area contributed by atoms with Crippen LogP contribution in [0.15, 0.2) is 24.4 Å². The summed E-state index contributed by atoms with van der Waals surface area (Å²) in [6.45, 7) is 6.07. The molecule has 0 spiro atoms. The van der Waals surface area contributed by atoms with Gasteiger partial charge in [0.05, 0.1) is 23.7 Å². The Bertz CT molecular complexity index is 840. The molecule has 1 aromatic carbocycles. The number of aryl methyl sites for hydroxylation is 2. The largest absolute Gasteiger partial charge is 0.237 e. The normalized spacial score (nSPS) is 17.7. The van der Waals surface area contributed by atoms with Crippen molar-refractivity contribution < 1.29 is 8.42 Å². The van der Waals surface area contributed by atoms with Crippen LogP contribution in [0.4, 0.5) is 0 Å². The van der Waals surface area contributed by atoms with Gasteiger partial charge in [-0.15, -0.1) is 0 Å². The van der Waals surface area contributed by atoms with E-state index in [9.17, 15) is 8.42 Å². The molecule has 0 unspecified atom stereocenters. The highest BCUT2D eigenvalue weighted by Crippen LogP contribution is 2.32. The third-order valence-corrected chi connectivity index (χ3v) is 6.30. The summed E-state index contributed by atoms with van der Waals surface area (Å²) >= 11 is 0. The molecule has 1 aliphatic carbocycles. The highest BCUT2D eigenvalue weighted by atomic mass is 32.2. The van der Waals surface area contributed by atoms with Crippen molar-refractivity contribution in [2.75, 3.05) is 5.75 Å². The van der Waals surface area contributed by atoms with Gasteiger partial charge in [0.1, 0.15) is 0 Å². The highest BCUT2D eigenvalue weighted by molar-refractivity contribution is 7.89. The molecule has 1 heterocycles. The van der Waals surface area contributed by atoms with Crippen LogP contribution in [-0.4, -0.2) is 24.0 Å².